The Labute approximate surface area is 107 Å². The molecule has 0 aromatic rings. The van der Waals surface area contributed by atoms with Gasteiger partial charge >= 0.3 is 0 Å². The molecule has 0 aromatic carbocycles. The smallest absolute Gasteiger partial charge is 0.110 e. The molecular weight excluding hydrogens is 214 g/mol. The Kier molecular flexibility index (Phi) is 9.41. The second kappa shape index (κ2) is 9.63. The fraction of sp³-hybridized carbons (Fsp3) is 0.857. The summed E-state index contributed by atoms with van der Waals surface area (Å²) in [6.45, 7) is 8.75. The van der Waals surface area contributed by atoms with E-state index in [4.69, 9.17) is 9.84 Å². The quantitative estimate of drug-likeness (QED) is 0.343. The maximum Gasteiger partial charge on any atom is 0.110 e. The zero-order valence-corrected chi connectivity index (χ0v) is 11.8. The minimum Gasteiger partial charge on any atom is -0.391 e. The Balaban J connectivity index is 3.99. The van der Waals surface area contributed by atoms with Crippen molar-refractivity contribution in [3.63, 3.8) is 0 Å². The van der Waals surface area contributed by atoms with Gasteiger partial charge in [-0.25, -0.2) is 0 Å². The van der Waals surface area contributed by atoms with Gasteiger partial charge in [0, 0.05) is 6.61 Å². The first-order valence-electron chi connectivity index (χ1n) is 6.71. The second-order valence-electron chi connectivity index (χ2n) is 5.29. The molecule has 0 heterocycles. The number of ether oxygens (including phenoxy) is 1. The van der Waals surface area contributed by atoms with E-state index in [1.54, 1.807) is 0 Å². The van der Waals surface area contributed by atoms with Gasteiger partial charge in [-0.3, -0.25) is 0 Å². The third kappa shape index (κ3) is 9.33. The second-order valence-corrected chi connectivity index (χ2v) is 5.29. The predicted molar refractivity (Wildman–Crippen MR) is 73.0 cm³/mol. The van der Waals surface area contributed by atoms with Gasteiger partial charge in [0.2, 0.25) is 0 Å². The number of hydrogen-bond donors (Lipinski definition) is 1. The van der Waals surface area contributed by atoms with Gasteiger partial charge in [0.1, 0.15) is 19.2 Å². The largest absolute Gasteiger partial charge is 0.391 e. The lowest BCUT2D eigenvalue weighted by atomic mass is 10.2. The first kappa shape index (κ1) is 16.6. The van der Waals surface area contributed by atoms with E-state index in [2.05, 4.69) is 27.6 Å². The Bertz CT molecular complexity index is 193. The fourth-order valence-corrected chi connectivity index (χ4v) is 1.90. The Morgan fingerprint density at radius 2 is 2.06 bits per heavy atom. The van der Waals surface area contributed by atoms with Crippen LogP contribution in [0.25, 0.3) is 0 Å². The summed E-state index contributed by atoms with van der Waals surface area (Å²) < 4.78 is 6.69. The van der Waals surface area contributed by atoms with Crippen molar-refractivity contribution in [2.75, 3.05) is 40.4 Å². The van der Waals surface area contributed by atoms with Crippen molar-refractivity contribution in [3.8, 4) is 0 Å². The Morgan fingerprint density at radius 1 is 1.35 bits per heavy atom. The van der Waals surface area contributed by atoms with E-state index in [1.807, 2.05) is 6.08 Å². The zero-order chi connectivity index (χ0) is 13.1. The van der Waals surface area contributed by atoms with Crippen LogP contribution in [0.15, 0.2) is 12.7 Å². The van der Waals surface area contributed by atoms with Gasteiger partial charge in [-0.1, -0.05) is 25.8 Å². The molecular formula is C14H30NO2+. The third-order valence-corrected chi connectivity index (χ3v) is 2.93. The van der Waals surface area contributed by atoms with Crippen LogP contribution in [-0.2, 0) is 4.74 Å². The van der Waals surface area contributed by atoms with Crippen molar-refractivity contribution in [2.24, 2.45) is 0 Å². The molecule has 0 saturated heterocycles. The summed E-state index contributed by atoms with van der Waals surface area (Å²) in [7, 11) is 4.25. The number of hydrogen-bond acceptors (Lipinski definition) is 2. The number of rotatable bonds is 11. The molecule has 0 spiro atoms. The summed E-state index contributed by atoms with van der Waals surface area (Å²) in [6.07, 6.45) is 6.63. The van der Waals surface area contributed by atoms with Gasteiger partial charge in [-0.15, -0.1) is 6.58 Å². The van der Waals surface area contributed by atoms with Crippen LogP contribution < -0.4 is 0 Å². The monoisotopic (exact) mass is 244 g/mol. The van der Waals surface area contributed by atoms with Crippen molar-refractivity contribution < 1.29 is 14.3 Å². The summed E-state index contributed by atoms with van der Waals surface area (Å²) in [5, 5.41) is 9.01. The maximum absolute atomic E-state index is 9.01. The molecule has 1 atom stereocenters. The number of aliphatic hydroxyl groups excluding tert-OH is 1. The topological polar surface area (TPSA) is 29.5 Å². The highest BCUT2D eigenvalue weighted by molar-refractivity contribution is 4.73. The summed E-state index contributed by atoms with van der Waals surface area (Å²) in [5.41, 5.74) is 0. The van der Waals surface area contributed by atoms with E-state index in [0.717, 1.165) is 37.0 Å². The lowest BCUT2D eigenvalue weighted by Gasteiger charge is -2.32. The molecule has 0 rings (SSSR count). The number of nitrogens with zero attached hydrogens (tertiary/aromatic N) is 1. The molecule has 3 nitrogen and oxygen atoms in total. The van der Waals surface area contributed by atoms with Crippen molar-refractivity contribution >= 4 is 0 Å². The van der Waals surface area contributed by atoms with E-state index < -0.39 is 0 Å². The minimum absolute atomic E-state index is 0.226. The average Bonchev–Trinajstić information content (AvgIpc) is 2.24. The summed E-state index contributed by atoms with van der Waals surface area (Å²) in [6, 6.07) is 0. The summed E-state index contributed by atoms with van der Waals surface area (Å²) in [4.78, 5) is 0. The van der Waals surface area contributed by atoms with Crippen LogP contribution >= 0.6 is 0 Å². The molecule has 0 bridgehead atoms. The number of quaternary nitrogens is 1. The molecule has 0 aliphatic rings. The highest BCUT2D eigenvalue weighted by atomic mass is 16.5. The van der Waals surface area contributed by atoms with E-state index in [1.165, 1.54) is 12.8 Å². The molecule has 0 aliphatic heterocycles. The van der Waals surface area contributed by atoms with Crippen LogP contribution in [0, 0.1) is 0 Å². The van der Waals surface area contributed by atoms with E-state index >= 15 is 0 Å². The van der Waals surface area contributed by atoms with Gasteiger partial charge in [-0.2, -0.15) is 0 Å². The number of likely N-dealkylation sites (N-methyl/N-ethyl adjacent to an activating group) is 1. The number of aliphatic hydroxyl groups is 1. The number of unbranched alkanes of at least 4 members (excludes halogenated alkanes) is 2. The van der Waals surface area contributed by atoms with E-state index in [-0.39, 0.29) is 12.7 Å². The van der Waals surface area contributed by atoms with Crippen molar-refractivity contribution in [1.29, 1.82) is 0 Å². The fourth-order valence-electron chi connectivity index (χ4n) is 1.90. The molecule has 0 aromatic heterocycles. The molecule has 1 N–H and O–H groups in total. The van der Waals surface area contributed by atoms with Gasteiger partial charge in [0.05, 0.1) is 20.7 Å². The molecule has 17 heavy (non-hydrogen) atoms. The Hall–Kier alpha value is -0.380. The first-order chi connectivity index (χ1) is 8.05. The van der Waals surface area contributed by atoms with Crippen molar-refractivity contribution in [1.82, 2.24) is 0 Å². The SMILES string of the molecule is C=CCC(C[N+](C)(C)CCO)OCCCCC. The van der Waals surface area contributed by atoms with Crippen LogP contribution in [0.2, 0.25) is 0 Å². The lowest BCUT2D eigenvalue weighted by Crippen LogP contribution is -2.47. The third-order valence-electron chi connectivity index (χ3n) is 2.93. The summed E-state index contributed by atoms with van der Waals surface area (Å²) in [5.74, 6) is 0. The van der Waals surface area contributed by atoms with E-state index in [9.17, 15) is 0 Å². The molecule has 0 radical (unpaired) electrons. The normalized spacial score (nSPS) is 13.6. The molecule has 0 fully saturated rings. The van der Waals surface area contributed by atoms with Crippen LogP contribution in [0.3, 0.4) is 0 Å². The van der Waals surface area contributed by atoms with E-state index in [0.29, 0.717) is 0 Å². The molecule has 0 aliphatic carbocycles. The maximum atomic E-state index is 9.01. The highest BCUT2D eigenvalue weighted by Crippen LogP contribution is 2.08. The Morgan fingerprint density at radius 3 is 2.59 bits per heavy atom. The molecule has 0 saturated carbocycles. The van der Waals surface area contributed by atoms with Gasteiger partial charge in [0.25, 0.3) is 0 Å². The van der Waals surface area contributed by atoms with Crippen LogP contribution in [0.5, 0.6) is 0 Å². The summed E-state index contributed by atoms with van der Waals surface area (Å²) >= 11 is 0. The molecule has 0 amide bonds. The molecule has 3 heteroatoms. The van der Waals surface area contributed by atoms with Gasteiger partial charge in [0.15, 0.2) is 0 Å². The molecule has 1 unspecified atom stereocenters. The van der Waals surface area contributed by atoms with Gasteiger partial charge < -0.3 is 14.3 Å². The first-order valence-corrected chi connectivity index (χ1v) is 6.71. The van der Waals surface area contributed by atoms with Crippen LogP contribution in [0.4, 0.5) is 0 Å². The van der Waals surface area contributed by atoms with Crippen LogP contribution in [0.1, 0.15) is 32.6 Å². The van der Waals surface area contributed by atoms with Crippen LogP contribution in [-0.4, -0.2) is 56.1 Å². The van der Waals surface area contributed by atoms with Gasteiger partial charge in [-0.05, 0) is 12.8 Å². The standard InChI is InChI=1S/C14H30NO2/c1-5-7-8-12-17-14(9-6-2)13-15(3,4)10-11-16/h6,14,16H,2,5,7-13H2,1,3-4H3/q+1. The molecule has 102 valence electrons. The van der Waals surface area contributed by atoms with Crippen molar-refractivity contribution in [3.05, 3.63) is 12.7 Å². The average molecular weight is 244 g/mol. The lowest BCUT2D eigenvalue weighted by molar-refractivity contribution is -0.893. The van der Waals surface area contributed by atoms with Crippen molar-refractivity contribution in [2.45, 2.75) is 38.7 Å². The predicted octanol–water partition coefficient (Wildman–Crippen LogP) is 2.21. The zero-order valence-electron chi connectivity index (χ0n) is 11.8. The minimum atomic E-state index is 0.226. The highest BCUT2D eigenvalue weighted by Gasteiger charge is 2.21.